The van der Waals surface area contributed by atoms with Crippen molar-refractivity contribution in [3.63, 3.8) is 0 Å². The first-order valence-electron chi connectivity index (χ1n) is 13.7. The Labute approximate surface area is 247 Å². The van der Waals surface area contributed by atoms with E-state index >= 15 is 0 Å². The average Bonchev–Trinajstić information content (AvgIpc) is 3.34. The molecule has 4 rings (SSSR count). The Hall–Kier alpha value is -3.40. The van der Waals surface area contributed by atoms with Gasteiger partial charge in [0.15, 0.2) is 9.84 Å². The van der Waals surface area contributed by atoms with Gasteiger partial charge in [-0.3, -0.25) is 14.5 Å². The van der Waals surface area contributed by atoms with E-state index in [-0.39, 0.29) is 22.5 Å². The zero-order valence-corrected chi connectivity index (χ0v) is 25.8. The van der Waals surface area contributed by atoms with E-state index in [4.69, 9.17) is 11.6 Å². The summed E-state index contributed by atoms with van der Waals surface area (Å²) in [5.41, 5.74) is 4.46. The molecule has 0 aliphatic carbocycles. The van der Waals surface area contributed by atoms with Crippen LogP contribution in [0.5, 0.6) is 0 Å². The number of benzene rings is 2. The van der Waals surface area contributed by atoms with Gasteiger partial charge in [-0.15, -0.1) is 0 Å². The minimum Gasteiger partial charge on any atom is -0.358 e. The Morgan fingerprint density at radius 3 is 2.44 bits per heavy atom. The fraction of sp³-hybridized carbons (Fsp3) is 0.355. The summed E-state index contributed by atoms with van der Waals surface area (Å²) in [5, 5.41) is 6.29. The molecule has 0 radical (unpaired) electrons. The van der Waals surface area contributed by atoms with Crippen molar-refractivity contribution in [2.75, 3.05) is 18.4 Å². The Morgan fingerprint density at radius 1 is 1.07 bits per heavy atom. The van der Waals surface area contributed by atoms with Gasteiger partial charge in [0, 0.05) is 52.8 Å². The number of aromatic amines is 1. The van der Waals surface area contributed by atoms with Gasteiger partial charge in [0.2, 0.25) is 0 Å². The van der Waals surface area contributed by atoms with Crippen LogP contribution in [-0.2, 0) is 20.4 Å². The number of carbonyl (C=O) groups excluding carboxylic acids is 2. The number of carbonyl (C=O) groups is 2. The molecule has 2 aromatic carbocycles. The summed E-state index contributed by atoms with van der Waals surface area (Å²) in [7, 11) is -3.70. The second-order valence-corrected chi connectivity index (χ2v) is 13.4. The summed E-state index contributed by atoms with van der Waals surface area (Å²) in [6.45, 7) is 13.4. The smallest absolute Gasteiger partial charge is 0.256 e. The van der Waals surface area contributed by atoms with Gasteiger partial charge in [-0.1, -0.05) is 23.7 Å². The summed E-state index contributed by atoms with van der Waals surface area (Å²) in [6, 6.07) is 12.1. The molecule has 1 aromatic heterocycles. The maximum absolute atomic E-state index is 13.2. The highest BCUT2D eigenvalue weighted by Crippen LogP contribution is 2.36. The molecule has 3 aromatic rings. The average molecular weight is 597 g/mol. The molecule has 1 aliphatic heterocycles. The zero-order valence-electron chi connectivity index (χ0n) is 24.3. The van der Waals surface area contributed by atoms with E-state index in [1.807, 2.05) is 13.8 Å². The van der Waals surface area contributed by atoms with E-state index in [0.29, 0.717) is 68.6 Å². The van der Waals surface area contributed by atoms with Gasteiger partial charge in [0.05, 0.1) is 21.8 Å². The van der Waals surface area contributed by atoms with Crippen molar-refractivity contribution < 1.29 is 18.0 Å². The third-order valence-electron chi connectivity index (χ3n) is 7.35. The first kappa shape index (κ1) is 30.6. The van der Waals surface area contributed by atoms with Crippen molar-refractivity contribution in [2.45, 2.75) is 64.3 Å². The van der Waals surface area contributed by atoms with E-state index in [1.165, 1.54) is 12.1 Å². The molecule has 0 bridgehead atoms. The highest BCUT2D eigenvalue weighted by atomic mass is 35.5. The molecule has 0 fully saturated rings. The molecule has 8 nitrogen and oxygen atoms in total. The van der Waals surface area contributed by atoms with E-state index in [2.05, 4.69) is 48.2 Å². The van der Waals surface area contributed by atoms with Crippen LogP contribution in [0.2, 0.25) is 5.02 Å². The van der Waals surface area contributed by atoms with Gasteiger partial charge in [0.25, 0.3) is 11.8 Å². The van der Waals surface area contributed by atoms with Crippen LogP contribution in [0.3, 0.4) is 0 Å². The van der Waals surface area contributed by atoms with Crippen LogP contribution in [0.25, 0.3) is 11.6 Å². The quantitative estimate of drug-likeness (QED) is 0.264. The standard InChI is InChI=1S/C31H37ClN4O4S/c1-18(2)36(19(3)4)13-12-33-31(38)29-20(5)28(34-21(29)6)16-26-25-15-24(10-11-27(25)35-30(26)37)41(39,40)17-22-8-7-9-23(32)14-22/h7-11,14-16,18-19,34H,12-13,17H2,1-6H3,(H,33,38)(H,35,37)/b26-16-. The Morgan fingerprint density at radius 2 is 1.78 bits per heavy atom. The number of hydrogen-bond donors (Lipinski definition) is 3. The number of rotatable bonds is 10. The first-order chi connectivity index (χ1) is 19.3. The molecule has 0 saturated heterocycles. The number of amides is 2. The molecule has 41 heavy (non-hydrogen) atoms. The van der Waals surface area contributed by atoms with Crippen LogP contribution in [0, 0.1) is 13.8 Å². The van der Waals surface area contributed by atoms with Crippen molar-refractivity contribution in [2.24, 2.45) is 0 Å². The van der Waals surface area contributed by atoms with E-state index in [1.54, 1.807) is 36.4 Å². The normalized spacial score (nSPS) is 14.3. The lowest BCUT2D eigenvalue weighted by molar-refractivity contribution is -0.110. The minimum absolute atomic E-state index is 0.106. The summed E-state index contributed by atoms with van der Waals surface area (Å²) >= 11 is 6.04. The number of H-pyrrole nitrogens is 1. The summed E-state index contributed by atoms with van der Waals surface area (Å²) in [6.07, 6.45) is 1.67. The van der Waals surface area contributed by atoms with Crippen LogP contribution in [0.15, 0.2) is 47.4 Å². The van der Waals surface area contributed by atoms with Crippen LogP contribution >= 0.6 is 11.6 Å². The van der Waals surface area contributed by atoms with Crippen molar-refractivity contribution in [3.8, 4) is 0 Å². The largest absolute Gasteiger partial charge is 0.358 e. The molecule has 0 unspecified atom stereocenters. The fourth-order valence-electron chi connectivity index (χ4n) is 5.34. The molecule has 3 N–H and O–H groups in total. The number of sulfone groups is 1. The van der Waals surface area contributed by atoms with Gasteiger partial charge in [-0.25, -0.2) is 8.42 Å². The van der Waals surface area contributed by atoms with Crippen LogP contribution in [0.4, 0.5) is 5.69 Å². The van der Waals surface area contributed by atoms with Gasteiger partial charge in [-0.05, 0) is 89.1 Å². The SMILES string of the molecule is Cc1[nH]c(/C=C2\C(=O)Nc3ccc(S(=O)(=O)Cc4cccc(Cl)c4)cc32)c(C)c1C(=O)NCCN(C(C)C)C(C)C. The van der Waals surface area contributed by atoms with Crippen molar-refractivity contribution in [3.05, 3.63) is 81.1 Å². The molecule has 10 heteroatoms. The third-order valence-corrected chi connectivity index (χ3v) is 9.27. The van der Waals surface area contributed by atoms with Gasteiger partial charge in [0.1, 0.15) is 0 Å². The molecule has 0 atom stereocenters. The number of fused-ring (bicyclic) bond motifs is 1. The predicted octanol–water partition coefficient (Wildman–Crippen LogP) is 5.60. The summed E-state index contributed by atoms with van der Waals surface area (Å²) < 4.78 is 26.4. The van der Waals surface area contributed by atoms with Crippen LogP contribution in [-0.4, -0.2) is 55.3 Å². The Balaban J connectivity index is 1.59. The number of hydrogen-bond acceptors (Lipinski definition) is 5. The van der Waals surface area contributed by atoms with E-state index in [0.717, 1.165) is 6.54 Å². The predicted molar refractivity (Wildman–Crippen MR) is 165 cm³/mol. The molecular formula is C31H37ClN4O4S. The first-order valence-corrected chi connectivity index (χ1v) is 15.7. The number of anilines is 1. The molecule has 218 valence electrons. The fourth-order valence-corrected chi connectivity index (χ4v) is 6.91. The van der Waals surface area contributed by atoms with E-state index < -0.39 is 9.84 Å². The number of aryl methyl sites for hydroxylation is 1. The second kappa shape index (κ2) is 12.2. The maximum atomic E-state index is 13.2. The Kier molecular flexibility index (Phi) is 9.11. The number of aromatic nitrogens is 1. The van der Waals surface area contributed by atoms with Crippen molar-refractivity contribution >= 4 is 50.6 Å². The lowest BCUT2D eigenvalue weighted by Gasteiger charge is -2.30. The van der Waals surface area contributed by atoms with Gasteiger partial charge >= 0.3 is 0 Å². The zero-order chi connectivity index (χ0) is 30.1. The van der Waals surface area contributed by atoms with Crippen molar-refractivity contribution in [1.29, 1.82) is 0 Å². The lowest BCUT2D eigenvalue weighted by Crippen LogP contribution is -2.42. The summed E-state index contributed by atoms with van der Waals surface area (Å²) in [5.74, 6) is -0.741. The molecule has 1 aliphatic rings. The monoisotopic (exact) mass is 596 g/mol. The number of nitrogens with zero attached hydrogens (tertiary/aromatic N) is 1. The second-order valence-electron chi connectivity index (χ2n) is 11.0. The molecule has 2 amide bonds. The van der Waals surface area contributed by atoms with E-state index in [9.17, 15) is 18.0 Å². The van der Waals surface area contributed by atoms with Gasteiger partial charge < -0.3 is 15.6 Å². The highest BCUT2D eigenvalue weighted by molar-refractivity contribution is 7.90. The van der Waals surface area contributed by atoms with Gasteiger partial charge in [-0.2, -0.15) is 0 Å². The number of halogens is 1. The number of nitrogens with one attached hydrogen (secondary N) is 3. The molecule has 0 spiro atoms. The van der Waals surface area contributed by atoms with Crippen LogP contribution in [0.1, 0.15) is 66.1 Å². The van der Waals surface area contributed by atoms with Crippen molar-refractivity contribution in [1.82, 2.24) is 15.2 Å². The third kappa shape index (κ3) is 6.74. The highest BCUT2D eigenvalue weighted by Gasteiger charge is 2.28. The molecule has 2 heterocycles. The van der Waals surface area contributed by atoms with Crippen LogP contribution < -0.4 is 10.6 Å². The Bertz CT molecular complexity index is 1610. The maximum Gasteiger partial charge on any atom is 0.256 e. The molecule has 0 saturated carbocycles. The topological polar surface area (TPSA) is 111 Å². The molecular weight excluding hydrogens is 560 g/mol. The lowest BCUT2D eigenvalue weighted by atomic mass is 10.0. The summed E-state index contributed by atoms with van der Waals surface area (Å²) in [4.78, 5) is 31.7. The minimum atomic E-state index is -3.70.